The number of halogens is 1. The summed E-state index contributed by atoms with van der Waals surface area (Å²) in [6, 6.07) is 4.27. The van der Waals surface area contributed by atoms with Gasteiger partial charge in [-0.1, -0.05) is 29.7 Å². The monoisotopic (exact) mass is 432 g/mol. The number of nitrogens with one attached hydrogen (secondary N) is 1. The fourth-order valence-corrected chi connectivity index (χ4v) is 3.29. The van der Waals surface area contributed by atoms with Gasteiger partial charge in [-0.25, -0.2) is 4.79 Å². The molecule has 2 aromatic heterocycles. The third kappa shape index (κ3) is 3.93. The van der Waals surface area contributed by atoms with Crippen LogP contribution in [0.1, 0.15) is 48.2 Å². The van der Waals surface area contributed by atoms with Crippen LogP contribution < -0.4 is 10.9 Å². The van der Waals surface area contributed by atoms with Crippen LogP contribution >= 0.6 is 11.6 Å². The molecule has 2 heterocycles. The number of carbonyl (C=O) groups excluding carboxylic acids is 2. The van der Waals surface area contributed by atoms with E-state index in [0.29, 0.717) is 17.1 Å². The molecule has 0 unspecified atom stereocenters. The predicted octanol–water partition coefficient (Wildman–Crippen LogP) is 3.42. The van der Waals surface area contributed by atoms with Crippen molar-refractivity contribution in [2.45, 2.75) is 40.2 Å². The van der Waals surface area contributed by atoms with E-state index in [1.807, 2.05) is 6.92 Å². The second-order valence-electron chi connectivity index (χ2n) is 6.64. The first-order valence-corrected chi connectivity index (χ1v) is 9.78. The van der Waals surface area contributed by atoms with Crippen LogP contribution in [-0.2, 0) is 9.53 Å². The van der Waals surface area contributed by atoms with Crippen LogP contribution in [0.2, 0.25) is 5.02 Å². The number of aromatic nitrogens is 3. The zero-order valence-corrected chi connectivity index (χ0v) is 17.7. The van der Waals surface area contributed by atoms with Crippen molar-refractivity contribution in [3.63, 3.8) is 0 Å². The molecule has 3 aromatic rings. The molecule has 0 saturated carbocycles. The molecule has 0 radical (unpaired) electrons. The molecule has 0 spiro atoms. The van der Waals surface area contributed by atoms with E-state index in [4.69, 9.17) is 20.9 Å². The van der Waals surface area contributed by atoms with E-state index in [1.165, 1.54) is 4.57 Å². The maximum atomic E-state index is 13.2. The fraction of sp³-hybridized carbons (Fsp3) is 0.350. The lowest BCUT2D eigenvalue weighted by molar-refractivity contribution is -0.119. The summed E-state index contributed by atoms with van der Waals surface area (Å²) in [5, 5.41) is 6.80. The number of esters is 1. The van der Waals surface area contributed by atoms with Crippen molar-refractivity contribution in [3.8, 4) is 0 Å². The third-order valence-corrected chi connectivity index (χ3v) is 5.04. The van der Waals surface area contributed by atoms with E-state index in [9.17, 15) is 14.4 Å². The Balaban J connectivity index is 2.05. The highest BCUT2D eigenvalue weighted by molar-refractivity contribution is 6.31. The lowest BCUT2D eigenvalue weighted by atomic mass is 10.1. The van der Waals surface area contributed by atoms with Gasteiger partial charge < -0.3 is 14.6 Å². The summed E-state index contributed by atoms with van der Waals surface area (Å²) >= 11 is 6.13. The summed E-state index contributed by atoms with van der Waals surface area (Å²) < 4.78 is 11.2. The van der Waals surface area contributed by atoms with E-state index in [1.54, 1.807) is 39.0 Å². The molecule has 0 saturated heterocycles. The Hall–Kier alpha value is -3.20. The van der Waals surface area contributed by atoms with E-state index in [0.717, 1.165) is 5.56 Å². The van der Waals surface area contributed by atoms with Crippen LogP contribution in [0, 0.1) is 13.8 Å². The van der Waals surface area contributed by atoms with E-state index in [-0.39, 0.29) is 29.2 Å². The number of anilines is 1. The van der Waals surface area contributed by atoms with Crippen molar-refractivity contribution in [3.05, 3.63) is 50.7 Å². The molecule has 0 aliphatic carbocycles. The predicted molar refractivity (Wildman–Crippen MR) is 111 cm³/mol. The summed E-state index contributed by atoms with van der Waals surface area (Å²) in [5.74, 6) is -0.960. The number of aryl methyl sites for hydroxylation is 2. The van der Waals surface area contributed by atoms with Crippen LogP contribution in [0.5, 0.6) is 0 Å². The fourth-order valence-electron chi connectivity index (χ4n) is 3.11. The first-order chi connectivity index (χ1) is 14.3. The molecular formula is C20H21ClN4O5. The number of nitrogens with zero attached hydrogens (tertiary/aromatic N) is 3. The minimum absolute atomic E-state index is 0.0858. The largest absolute Gasteiger partial charge is 0.461 e. The van der Waals surface area contributed by atoms with Gasteiger partial charge in [0.25, 0.3) is 11.3 Å². The normalized spacial score (nSPS) is 12.0. The van der Waals surface area contributed by atoms with E-state index >= 15 is 0 Å². The highest BCUT2D eigenvalue weighted by Crippen LogP contribution is 2.23. The molecule has 9 nitrogen and oxygen atoms in total. The first kappa shape index (κ1) is 21.5. The molecule has 10 heteroatoms. The van der Waals surface area contributed by atoms with Crippen LogP contribution in [0.25, 0.3) is 11.1 Å². The Morgan fingerprint density at radius 2 is 2.03 bits per heavy atom. The second-order valence-corrected chi connectivity index (χ2v) is 7.05. The zero-order chi connectivity index (χ0) is 22.0. The Morgan fingerprint density at radius 1 is 1.30 bits per heavy atom. The van der Waals surface area contributed by atoms with Gasteiger partial charge >= 0.3 is 5.97 Å². The quantitative estimate of drug-likeness (QED) is 0.593. The smallest absolute Gasteiger partial charge is 0.361 e. The number of hydrogen-bond acceptors (Lipinski definition) is 7. The van der Waals surface area contributed by atoms with Crippen molar-refractivity contribution < 1.29 is 18.8 Å². The van der Waals surface area contributed by atoms with Crippen molar-refractivity contribution in [1.29, 1.82) is 0 Å². The summed E-state index contributed by atoms with van der Waals surface area (Å²) in [6.07, 6.45) is 0.305. The van der Waals surface area contributed by atoms with Crippen molar-refractivity contribution in [2.75, 3.05) is 11.9 Å². The molecule has 0 aliphatic heterocycles. The summed E-state index contributed by atoms with van der Waals surface area (Å²) in [6.45, 7) is 6.94. The standard InChI is InChI=1S/C20H21ClN4O5/c1-5-14(17(26)23-12-8-7-10(3)13(21)9-12)25-11(4)22-18-15(19(25)27)16(24-30-18)20(28)29-6-2/h7-9,14H,5-6H2,1-4H3,(H,23,26)/t14-/m0/s1. The van der Waals surface area contributed by atoms with Gasteiger partial charge in [-0.15, -0.1) is 0 Å². The second kappa shape index (κ2) is 8.66. The van der Waals surface area contributed by atoms with Gasteiger partial charge in [-0.05, 0) is 44.9 Å². The molecule has 30 heavy (non-hydrogen) atoms. The van der Waals surface area contributed by atoms with Gasteiger partial charge in [0.1, 0.15) is 17.3 Å². The molecule has 158 valence electrons. The van der Waals surface area contributed by atoms with E-state index < -0.39 is 23.5 Å². The molecule has 1 amide bonds. The van der Waals surface area contributed by atoms with Crippen LogP contribution in [0.15, 0.2) is 27.5 Å². The average Bonchev–Trinajstić information content (AvgIpc) is 3.12. The number of rotatable bonds is 6. The van der Waals surface area contributed by atoms with E-state index in [2.05, 4.69) is 15.5 Å². The Kier molecular flexibility index (Phi) is 6.21. The van der Waals surface area contributed by atoms with Gasteiger partial charge in [0.2, 0.25) is 11.6 Å². The number of hydrogen-bond donors (Lipinski definition) is 1. The molecule has 3 rings (SSSR count). The zero-order valence-electron chi connectivity index (χ0n) is 17.0. The number of carbonyl (C=O) groups is 2. The van der Waals surface area contributed by atoms with Crippen molar-refractivity contribution in [1.82, 2.24) is 14.7 Å². The van der Waals surface area contributed by atoms with Gasteiger partial charge in [0.15, 0.2) is 0 Å². The average molecular weight is 433 g/mol. The van der Waals surface area contributed by atoms with Crippen LogP contribution in [-0.4, -0.2) is 33.2 Å². The maximum absolute atomic E-state index is 13.2. The Morgan fingerprint density at radius 3 is 2.67 bits per heavy atom. The summed E-state index contributed by atoms with van der Waals surface area (Å²) in [4.78, 5) is 42.5. The molecule has 1 aromatic carbocycles. The van der Waals surface area contributed by atoms with Gasteiger partial charge in [0.05, 0.1) is 6.61 Å². The van der Waals surface area contributed by atoms with Gasteiger partial charge in [0, 0.05) is 10.7 Å². The van der Waals surface area contributed by atoms with Gasteiger partial charge in [-0.2, -0.15) is 4.98 Å². The number of fused-ring (bicyclic) bond motifs is 1. The molecular weight excluding hydrogens is 412 g/mol. The van der Waals surface area contributed by atoms with Crippen molar-refractivity contribution >= 4 is 40.3 Å². The Labute approximate surface area is 177 Å². The number of ether oxygens (including phenoxy) is 1. The highest BCUT2D eigenvalue weighted by atomic mass is 35.5. The Bertz CT molecular complexity index is 1180. The van der Waals surface area contributed by atoms with Crippen LogP contribution in [0.3, 0.4) is 0 Å². The SMILES string of the molecule is CCOC(=O)c1noc2nc(C)n([C@@H](CC)C(=O)Nc3ccc(C)c(Cl)c3)c(=O)c12. The van der Waals surface area contributed by atoms with Crippen LogP contribution in [0.4, 0.5) is 5.69 Å². The maximum Gasteiger partial charge on any atom is 0.361 e. The van der Waals surface area contributed by atoms with Crippen molar-refractivity contribution in [2.24, 2.45) is 0 Å². The third-order valence-electron chi connectivity index (χ3n) is 4.63. The lowest BCUT2D eigenvalue weighted by Gasteiger charge is -2.20. The lowest BCUT2D eigenvalue weighted by Crippen LogP contribution is -2.35. The molecule has 0 aliphatic rings. The van der Waals surface area contributed by atoms with Gasteiger partial charge in [-0.3, -0.25) is 14.2 Å². The minimum Gasteiger partial charge on any atom is -0.461 e. The summed E-state index contributed by atoms with van der Waals surface area (Å²) in [5.41, 5.74) is 0.426. The topological polar surface area (TPSA) is 116 Å². The number of amides is 1. The minimum atomic E-state index is -0.876. The molecule has 1 N–H and O–H groups in total. The molecule has 1 atom stereocenters. The summed E-state index contributed by atoms with van der Waals surface area (Å²) in [7, 11) is 0. The highest BCUT2D eigenvalue weighted by Gasteiger charge is 2.28. The molecule has 0 bridgehead atoms. The molecule has 0 fully saturated rings. The first-order valence-electron chi connectivity index (χ1n) is 9.41. The number of benzene rings is 1.